The second-order valence-corrected chi connectivity index (χ2v) is 11.9. The standard InChI is InChI=1S/C32H27NO9P2/c33-24-31(34)30-23-29(41-43(35,37-25-13-5-1-6-14-25)38-26-15-7-2-8-16-26)21-22-32(30)42-44(36,39-27-17-9-3-10-18-27)40-28-19-11-4-12-20-28/h1-23H,24,33H2. The van der Waals surface area contributed by atoms with E-state index in [1.54, 1.807) is 121 Å². The number of para-hydroxylation sites is 4. The van der Waals surface area contributed by atoms with Crippen LogP contribution in [0.5, 0.6) is 34.5 Å². The molecule has 2 N–H and O–H groups in total. The highest BCUT2D eigenvalue weighted by atomic mass is 31.2. The molecule has 0 fully saturated rings. The van der Waals surface area contributed by atoms with E-state index in [0.717, 1.165) is 0 Å². The van der Waals surface area contributed by atoms with Crippen molar-refractivity contribution in [2.24, 2.45) is 5.73 Å². The molecule has 0 radical (unpaired) electrons. The molecule has 5 aromatic rings. The van der Waals surface area contributed by atoms with Crippen molar-refractivity contribution in [3.05, 3.63) is 145 Å². The van der Waals surface area contributed by atoms with E-state index < -0.39 is 28.0 Å². The lowest BCUT2D eigenvalue weighted by Gasteiger charge is -2.22. The highest BCUT2D eigenvalue weighted by Crippen LogP contribution is 2.53. The average molecular weight is 632 g/mol. The summed E-state index contributed by atoms with van der Waals surface area (Å²) < 4.78 is 62.1. The number of Topliss-reactive ketones (excluding diaryl/α,β-unsaturated/α-hetero) is 1. The first kappa shape index (κ1) is 30.4. The van der Waals surface area contributed by atoms with Gasteiger partial charge in [-0.05, 0) is 66.7 Å². The van der Waals surface area contributed by atoms with E-state index in [0.29, 0.717) is 0 Å². The minimum Gasteiger partial charge on any atom is -0.386 e. The van der Waals surface area contributed by atoms with Crippen molar-refractivity contribution in [3.63, 3.8) is 0 Å². The maximum absolute atomic E-state index is 14.0. The molecule has 0 amide bonds. The van der Waals surface area contributed by atoms with E-state index in [1.165, 1.54) is 18.2 Å². The van der Waals surface area contributed by atoms with Crippen LogP contribution in [0.4, 0.5) is 0 Å². The van der Waals surface area contributed by atoms with Gasteiger partial charge in [-0.1, -0.05) is 72.8 Å². The Hall–Kier alpha value is -5.01. The van der Waals surface area contributed by atoms with Crippen LogP contribution in [0.3, 0.4) is 0 Å². The number of phosphoric ester groups is 2. The Kier molecular flexibility index (Phi) is 9.67. The fraction of sp³-hybridized carbons (Fsp3) is 0.0312. The van der Waals surface area contributed by atoms with Crippen LogP contribution in [-0.2, 0) is 9.13 Å². The fourth-order valence-electron chi connectivity index (χ4n) is 3.78. The van der Waals surface area contributed by atoms with Gasteiger partial charge in [0.2, 0.25) is 0 Å². The number of nitrogens with two attached hydrogens (primary N) is 1. The Morgan fingerprint density at radius 1 is 0.477 bits per heavy atom. The number of phosphoric acid groups is 2. The summed E-state index contributed by atoms with van der Waals surface area (Å²) >= 11 is 0. The first-order chi connectivity index (χ1) is 21.3. The zero-order valence-electron chi connectivity index (χ0n) is 23.1. The molecular weight excluding hydrogens is 604 g/mol. The third kappa shape index (κ3) is 8.30. The van der Waals surface area contributed by atoms with Crippen LogP contribution in [-0.4, -0.2) is 12.3 Å². The molecule has 0 saturated heterocycles. The smallest absolute Gasteiger partial charge is 0.386 e. The van der Waals surface area contributed by atoms with E-state index >= 15 is 0 Å². The summed E-state index contributed by atoms with van der Waals surface area (Å²) in [5.41, 5.74) is 5.55. The van der Waals surface area contributed by atoms with Crippen LogP contribution in [0.15, 0.2) is 140 Å². The molecule has 0 heterocycles. The van der Waals surface area contributed by atoms with Crippen molar-refractivity contribution < 1.29 is 41.1 Å². The second-order valence-electron chi connectivity index (χ2n) is 8.98. The largest absolute Gasteiger partial charge is 0.647 e. The predicted molar refractivity (Wildman–Crippen MR) is 165 cm³/mol. The van der Waals surface area contributed by atoms with Crippen LogP contribution < -0.4 is 32.9 Å². The van der Waals surface area contributed by atoms with Crippen LogP contribution >= 0.6 is 15.6 Å². The lowest BCUT2D eigenvalue weighted by molar-refractivity contribution is 0.0999. The van der Waals surface area contributed by atoms with E-state index in [1.807, 2.05) is 0 Å². The quantitative estimate of drug-likeness (QED) is 0.0946. The van der Waals surface area contributed by atoms with Crippen LogP contribution in [0.1, 0.15) is 10.4 Å². The Balaban J connectivity index is 1.48. The van der Waals surface area contributed by atoms with Gasteiger partial charge in [0.25, 0.3) is 0 Å². The Labute approximate surface area is 254 Å². The van der Waals surface area contributed by atoms with Gasteiger partial charge in [0.05, 0.1) is 12.1 Å². The summed E-state index contributed by atoms with van der Waals surface area (Å²) in [5, 5.41) is 0. The first-order valence-electron chi connectivity index (χ1n) is 13.3. The van der Waals surface area contributed by atoms with Gasteiger partial charge in [0.1, 0.15) is 34.5 Å². The molecule has 0 aliphatic heterocycles. The summed E-state index contributed by atoms with van der Waals surface area (Å²) in [4.78, 5) is 13.0. The number of hydrogen-bond donors (Lipinski definition) is 1. The van der Waals surface area contributed by atoms with Gasteiger partial charge in [-0.25, -0.2) is 0 Å². The molecule has 224 valence electrons. The summed E-state index contributed by atoms with van der Waals surface area (Å²) in [6.07, 6.45) is 0. The maximum Gasteiger partial charge on any atom is 0.647 e. The van der Waals surface area contributed by atoms with E-state index in [-0.39, 0.29) is 40.1 Å². The minimum atomic E-state index is -4.45. The number of hydrogen-bond acceptors (Lipinski definition) is 10. The van der Waals surface area contributed by atoms with Crippen molar-refractivity contribution in [2.75, 3.05) is 6.54 Å². The van der Waals surface area contributed by atoms with Crippen molar-refractivity contribution in [2.45, 2.75) is 0 Å². The lowest BCUT2D eigenvalue weighted by atomic mass is 10.1. The minimum absolute atomic E-state index is 0.0767. The molecule has 0 saturated carbocycles. The maximum atomic E-state index is 14.0. The first-order valence-corrected chi connectivity index (χ1v) is 16.2. The number of benzene rings is 5. The third-order valence-electron chi connectivity index (χ3n) is 5.71. The molecular formula is C32H27NO9P2. The molecule has 5 rings (SSSR count). The molecule has 0 bridgehead atoms. The van der Waals surface area contributed by atoms with E-state index in [2.05, 4.69) is 0 Å². The second kappa shape index (κ2) is 14.0. The molecule has 0 aliphatic rings. The van der Waals surface area contributed by atoms with Gasteiger partial charge >= 0.3 is 15.6 Å². The SMILES string of the molecule is NCC(=O)c1cc(OP(=O)(Oc2ccccc2)Oc2ccccc2)ccc1OP(=O)(Oc1ccccc1)Oc1ccccc1. The zero-order chi connectivity index (χ0) is 30.8. The molecule has 0 spiro atoms. The Bertz CT molecular complexity index is 1680. The van der Waals surface area contributed by atoms with Crippen LogP contribution in [0.2, 0.25) is 0 Å². The fourth-order valence-corrected chi connectivity index (χ4v) is 6.29. The third-order valence-corrected chi connectivity index (χ3v) is 8.30. The highest BCUT2D eigenvalue weighted by molar-refractivity contribution is 7.50. The van der Waals surface area contributed by atoms with Crippen molar-refractivity contribution in [3.8, 4) is 34.5 Å². The lowest BCUT2D eigenvalue weighted by Crippen LogP contribution is -2.16. The molecule has 0 aliphatic carbocycles. The monoisotopic (exact) mass is 631 g/mol. The van der Waals surface area contributed by atoms with Crippen LogP contribution in [0.25, 0.3) is 0 Å². The number of rotatable bonds is 14. The molecule has 12 heteroatoms. The van der Waals surface area contributed by atoms with E-state index in [9.17, 15) is 13.9 Å². The molecule has 0 atom stereocenters. The Morgan fingerprint density at radius 3 is 1.18 bits per heavy atom. The number of carbonyl (C=O) groups is 1. The van der Waals surface area contributed by atoms with Gasteiger partial charge in [-0.15, -0.1) is 0 Å². The molecule has 0 aromatic heterocycles. The molecule has 5 aromatic carbocycles. The zero-order valence-corrected chi connectivity index (χ0v) is 24.9. The molecule has 44 heavy (non-hydrogen) atoms. The van der Waals surface area contributed by atoms with Crippen LogP contribution in [0, 0.1) is 0 Å². The molecule has 0 unspecified atom stereocenters. The normalized spacial score (nSPS) is 11.2. The Morgan fingerprint density at radius 2 is 0.818 bits per heavy atom. The van der Waals surface area contributed by atoms with Gasteiger partial charge in [0.15, 0.2) is 5.78 Å². The summed E-state index contributed by atoms with van der Waals surface area (Å²) in [7, 11) is -8.83. The summed E-state index contributed by atoms with van der Waals surface area (Å²) in [5.74, 6) is 0.00663. The summed E-state index contributed by atoms with van der Waals surface area (Å²) in [6, 6.07) is 37.1. The number of ketones is 1. The van der Waals surface area contributed by atoms with Gasteiger partial charge in [0, 0.05) is 0 Å². The topological polar surface area (TPSA) is 133 Å². The molecule has 10 nitrogen and oxygen atoms in total. The van der Waals surface area contributed by atoms with Gasteiger partial charge in [-0.3, -0.25) is 4.79 Å². The predicted octanol–water partition coefficient (Wildman–Crippen LogP) is 8.12. The van der Waals surface area contributed by atoms with Gasteiger partial charge in [-0.2, -0.15) is 9.13 Å². The van der Waals surface area contributed by atoms with Gasteiger partial charge < -0.3 is 32.9 Å². The van der Waals surface area contributed by atoms with Crippen molar-refractivity contribution >= 4 is 21.4 Å². The van der Waals surface area contributed by atoms with Crippen molar-refractivity contribution in [1.82, 2.24) is 0 Å². The van der Waals surface area contributed by atoms with E-state index in [4.69, 9.17) is 32.9 Å². The summed E-state index contributed by atoms with van der Waals surface area (Å²) in [6.45, 7) is -0.429. The van der Waals surface area contributed by atoms with Crippen molar-refractivity contribution in [1.29, 1.82) is 0 Å². The highest BCUT2D eigenvalue weighted by Gasteiger charge is 2.36. The average Bonchev–Trinajstić information content (AvgIpc) is 3.03. The number of carbonyl (C=O) groups excluding carboxylic acids is 1.